The molecule has 0 heterocycles. The van der Waals surface area contributed by atoms with Gasteiger partial charge >= 0.3 is 0 Å². The van der Waals surface area contributed by atoms with Gasteiger partial charge < -0.3 is 10.6 Å². The van der Waals surface area contributed by atoms with E-state index in [1.807, 2.05) is 26.1 Å². The van der Waals surface area contributed by atoms with Crippen LogP contribution in [0.15, 0.2) is 60.7 Å². The first-order valence-electron chi connectivity index (χ1n) is 6.76. The molecule has 0 aliphatic carbocycles. The SMILES string of the molecule is CN[C@@H](c1ccccc1)[C@@H](NC(C)=S)c1ccccc1. The van der Waals surface area contributed by atoms with E-state index in [2.05, 4.69) is 59.2 Å². The Kier molecular flexibility index (Phi) is 5.27. The highest BCUT2D eigenvalue weighted by Gasteiger charge is 2.23. The highest BCUT2D eigenvalue weighted by Crippen LogP contribution is 2.28. The first kappa shape index (κ1) is 14.7. The van der Waals surface area contributed by atoms with Crippen LogP contribution in [0.5, 0.6) is 0 Å². The van der Waals surface area contributed by atoms with Crippen LogP contribution < -0.4 is 10.6 Å². The van der Waals surface area contributed by atoms with Crippen molar-refractivity contribution >= 4 is 17.2 Å². The Hall–Kier alpha value is -1.71. The lowest BCUT2D eigenvalue weighted by molar-refractivity contribution is 0.458. The molecule has 0 aromatic heterocycles. The Labute approximate surface area is 126 Å². The van der Waals surface area contributed by atoms with E-state index in [4.69, 9.17) is 12.2 Å². The lowest BCUT2D eigenvalue weighted by Gasteiger charge is -2.29. The Morgan fingerprint density at radius 1 is 0.850 bits per heavy atom. The van der Waals surface area contributed by atoms with E-state index in [1.54, 1.807) is 0 Å². The second-order valence-electron chi connectivity index (χ2n) is 4.77. The molecule has 2 aromatic carbocycles. The van der Waals surface area contributed by atoms with Crippen LogP contribution in [0.2, 0.25) is 0 Å². The van der Waals surface area contributed by atoms with E-state index in [1.165, 1.54) is 11.1 Å². The lowest BCUT2D eigenvalue weighted by Crippen LogP contribution is -2.35. The fourth-order valence-electron chi connectivity index (χ4n) is 2.42. The molecule has 20 heavy (non-hydrogen) atoms. The van der Waals surface area contributed by atoms with Crippen LogP contribution in [-0.4, -0.2) is 12.0 Å². The molecule has 104 valence electrons. The number of benzene rings is 2. The molecule has 2 rings (SSSR count). The third-order valence-electron chi connectivity index (χ3n) is 3.32. The number of likely N-dealkylation sites (N-methyl/N-ethyl adjacent to an activating group) is 1. The summed E-state index contributed by atoms with van der Waals surface area (Å²) in [6.07, 6.45) is 0. The van der Waals surface area contributed by atoms with Gasteiger partial charge in [0.05, 0.1) is 17.1 Å². The van der Waals surface area contributed by atoms with Crippen molar-refractivity contribution < 1.29 is 0 Å². The molecule has 0 amide bonds. The molecule has 0 unspecified atom stereocenters. The molecule has 0 fully saturated rings. The molecule has 0 saturated heterocycles. The van der Waals surface area contributed by atoms with E-state index >= 15 is 0 Å². The van der Waals surface area contributed by atoms with Gasteiger partial charge in [0.1, 0.15) is 0 Å². The lowest BCUT2D eigenvalue weighted by atomic mass is 9.93. The molecule has 0 saturated carbocycles. The number of nitrogens with one attached hydrogen (secondary N) is 2. The molecular formula is C17H20N2S. The molecule has 3 heteroatoms. The van der Waals surface area contributed by atoms with Gasteiger partial charge in [0.15, 0.2) is 0 Å². The van der Waals surface area contributed by atoms with Crippen molar-refractivity contribution in [3.05, 3.63) is 71.8 Å². The van der Waals surface area contributed by atoms with E-state index in [-0.39, 0.29) is 12.1 Å². The summed E-state index contributed by atoms with van der Waals surface area (Å²) in [5, 5.41) is 6.81. The van der Waals surface area contributed by atoms with Crippen LogP contribution in [-0.2, 0) is 0 Å². The third kappa shape index (κ3) is 3.65. The van der Waals surface area contributed by atoms with E-state index < -0.39 is 0 Å². The summed E-state index contributed by atoms with van der Waals surface area (Å²) in [6.45, 7) is 1.92. The Balaban J connectivity index is 2.36. The summed E-state index contributed by atoms with van der Waals surface area (Å²) in [4.78, 5) is 0.801. The van der Waals surface area contributed by atoms with Crippen molar-refractivity contribution in [3.63, 3.8) is 0 Å². The molecule has 0 bridgehead atoms. The van der Waals surface area contributed by atoms with Gasteiger partial charge in [-0.15, -0.1) is 0 Å². The monoisotopic (exact) mass is 284 g/mol. The van der Waals surface area contributed by atoms with Crippen molar-refractivity contribution in [1.82, 2.24) is 10.6 Å². The standard InChI is InChI=1S/C17H20N2S/c1-13(20)19-17(15-11-7-4-8-12-15)16(18-2)14-9-5-3-6-10-14/h3-12,16-18H,1-2H3,(H,19,20)/t16-,17-/m0/s1. The van der Waals surface area contributed by atoms with E-state index in [0.717, 1.165) is 4.99 Å². The first-order chi connectivity index (χ1) is 9.72. The summed E-state index contributed by atoms with van der Waals surface area (Å²) in [6, 6.07) is 21.1. The number of hydrogen-bond acceptors (Lipinski definition) is 2. The average Bonchev–Trinajstić information content (AvgIpc) is 2.49. The van der Waals surface area contributed by atoms with Gasteiger partial charge in [-0.3, -0.25) is 0 Å². The summed E-state index contributed by atoms with van der Waals surface area (Å²) in [5.74, 6) is 0. The van der Waals surface area contributed by atoms with Gasteiger partial charge in [0.2, 0.25) is 0 Å². The van der Waals surface area contributed by atoms with Gasteiger partial charge in [0, 0.05) is 0 Å². The maximum atomic E-state index is 5.25. The maximum absolute atomic E-state index is 5.25. The molecule has 0 aliphatic rings. The minimum atomic E-state index is 0.112. The van der Waals surface area contributed by atoms with Crippen molar-refractivity contribution in [3.8, 4) is 0 Å². The van der Waals surface area contributed by atoms with Gasteiger partial charge in [-0.05, 0) is 25.1 Å². The third-order valence-corrected chi connectivity index (χ3v) is 3.44. The molecule has 2 aromatic rings. The van der Waals surface area contributed by atoms with Gasteiger partial charge in [-0.25, -0.2) is 0 Å². The second kappa shape index (κ2) is 7.17. The molecule has 0 radical (unpaired) electrons. The summed E-state index contributed by atoms with van der Waals surface area (Å²) >= 11 is 5.25. The summed E-state index contributed by atoms with van der Waals surface area (Å²) in [7, 11) is 1.98. The Morgan fingerprint density at radius 3 is 1.70 bits per heavy atom. The highest BCUT2D eigenvalue weighted by molar-refractivity contribution is 7.80. The van der Waals surface area contributed by atoms with Crippen LogP contribution >= 0.6 is 12.2 Å². The smallest absolute Gasteiger partial charge is 0.0727 e. The summed E-state index contributed by atoms with van der Waals surface area (Å²) in [5.41, 5.74) is 2.47. The topological polar surface area (TPSA) is 24.1 Å². The van der Waals surface area contributed by atoms with Gasteiger partial charge in [-0.1, -0.05) is 72.9 Å². The highest BCUT2D eigenvalue weighted by atomic mass is 32.1. The normalized spacial score (nSPS) is 13.5. The van der Waals surface area contributed by atoms with Crippen LogP contribution in [0.4, 0.5) is 0 Å². The van der Waals surface area contributed by atoms with E-state index in [0.29, 0.717) is 0 Å². The van der Waals surface area contributed by atoms with Crippen molar-refractivity contribution in [2.45, 2.75) is 19.0 Å². The predicted molar refractivity (Wildman–Crippen MR) is 88.8 cm³/mol. The molecule has 2 nitrogen and oxygen atoms in total. The van der Waals surface area contributed by atoms with Crippen LogP contribution in [0.1, 0.15) is 30.1 Å². The molecule has 2 atom stereocenters. The number of hydrogen-bond donors (Lipinski definition) is 2. The van der Waals surface area contributed by atoms with Crippen LogP contribution in [0.3, 0.4) is 0 Å². The minimum Gasteiger partial charge on any atom is -0.371 e. The first-order valence-corrected chi connectivity index (χ1v) is 7.17. The zero-order chi connectivity index (χ0) is 14.4. The molecule has 2 N–H and O–H groups in total. The fraction of sp³-hybridized carbons (Fsp3) is 0.235. The van der Waals surface area contributed by atoms with Crippen molar-refractivity contribution in [2.24, 2.45) is 0 Å². The fourth-order valence-corrected chi connectivity index (χ4v) is 2.55. The molecule has 0 spiro atoms. The zero-order valence-corrected chi connectivity index (χ0v) is 12.7. The maximum Gasteiger partial charge on any atom is 0.0727 e. The van der Waals surface area contributed by atoms with Crippen molar-refractivity contribution in [1.29, 1.82) is 0 Å². The van der Waals surface area contributed by atoms with Crippen molar-refractivity contribution in [2.75, 3.05) is 7.05 Å². The molecule has 0 aliphatic heterocycles. The van der Waals surface area contributed by atoms with Gasteiger partial charge in [0.25, 0.3) is 0 Å². The summed E-state index contributed by atoms with van der Waals surface area (Å²) < 4.78 is 0. The molecular weight excluding hydrogens is 264 g/mol. The zero-order valence-electron chi connectivity index (χ0n) is 11.8. The Bertz CT molecular complexity index is 539. The second-order valence-corrected chi connectivity index (χ2v) is 5.38. The van der Waals surface area contributed by atoms with Crippen LogP contribution in [0, 0.1) is 0 Å². The largest absolute Gasteiger partial charge is 0.371 e. The Morgan fingerprint density at radius 2 is 1.30 bits per heavy atom. The number of thiocarbonyl (C=S) groups is 1. The quantitative estimate of drug-likeness (QED) is 0.820. The minimum absolute atomic E-state index is 0.112. The van der Waals surface area contributed by atoms with E-state index in [9.17, 15) is 0 Å². The van der Waals surface area contributed by atoms with Gasteiger partial charge in [-0.2, -0.15) is 0 Å². The van der Waals surface area contributed by atoms with Crippen LogP contribution in [0.25, 0.3) is 0 Å². The average molecular weight is 284 g/mol. The predicted octanol–water partition coefficient (Wildman–Crippen LogP) is 3.63. The number of rotatable bonds is 5.